The molecule has 0 radical (unpaired) electrons. The Morgan fingerprint density at radius 2 is 2.08 bits per heavy atom. The highest BCUT2D eigenvalue weighted by atomic mass is 32.2. The van der Waals surface area contributed by atoms with Crippen LogP contribution < -0.4 is 0 Å². The third kappa shape index (κ3) is 7.96. The Morgan fingerprint density at radius 3 is 2.54 bits per heavy atom. The Balaban J connectivity index is 3.52. The fourth-order valence-electron chi connectivity index (χ4n) is 0.885. The van der Waals surface area contributed by atoms with Gasteiger partial charge < -0.3 is 4.74 Å². The molecule has 78 valence electrons. The summed E-state index contributed by atoms with van der Waals surface area (Å²) in [5, 5.41) is 0. The van der Waals surface area contributed by atoms with Crippen LogP contribution in [0.1, 0.15) is 27.2 Å². The van der Waals surface area contributed by atoms with Crippen LogP contribution in [0, 0.1) is 5.92 Å². The van der Waals surface area contributed by atoms with Crippen LogP contribution in [0.15, 0.2) is 0 Å². The molecule has 0 spiro atoms. The van der Waals surface area contributed by atoms with Crippen molar-refractivity contribution in [2.24, 2.45) is 5.92 Å². The van der Waals surface area contributed by atoms with E-state index in [0.717, 1.165) is 0 Å². The van der Waals surface area contributed by atoms with Crippen molar-refractivity contribution in [1.82, 2.24) is 0 Å². The fraction of sp³-hybridized carbons (Fsp3) is 0.889. The van der Waals surface area contributed by atoms with Crippen LogP contribution in [-0.2, 0) is 20.3 Å². The third-order valence-corrected chi connectivity index (χ3v) is 3.06. The summed E-state index contributed by atoms with van der Waals surface area (Å²) in [6.45, 7) is 6.20. The van der Waals surface area contributed by atoms with E-state index in [0.29, 0.717) is 24.0 Å². The van der Waals surface area contributed by atoms with Crippen LogP contribution in [0.25, 0.3) is 0 Å². The van der Waals surface area contributed by atoms with E-state index in [2.05, 4.69) is 0 Å². The first-order valence-corrected chi connectivity index (χ1v) is 6.05. The zero-order valence-corrected chi connectivity index (χ0v) is 9.36. The smallest absolute Gasteiger partial charge is 0.306 e. The first-order chi connectivity index (χ1) is 6.06. The van der Waals surface area contributed by atoms with Gasteiger partial charge in [0.15, 0.2) is 0 Å². The van der Waals surface area contributed by atoms with E-state index in [4.69, 9.17) is 4.74 Å². The quantitative estimate of drug-likeness (QED) is 0.616. The van der Waals surface area contributed by atoms with Crippen LogP contribution in [0.5, 0.6) is 0 Å². The van der Waals surface area contributed by atoms with Crippen molar-refractivity contribution in [3.05, 3.63) is 0 Å². The van der Waals surface area contributed by atoms with Crippen LogP contribution in [0.4, 0.5) is 0 Å². The van der Waals surface area contributed by atoms with E-state index in [9.17, 15) is 9.00 Å². The molecule has 3 nitrogen and oxygen atoms in total. The Morgan fingerprint density at radius 1 is 1.46 bits per heavy atom. The van der Waals surface area contributed by atoms with E-state index in [1.165, 1.54) is 0 Å². The lowest BCUT2D eigenvalue weighted by Gasteiger charge is -2.04. The Hall–Kier alpha value is -0.380. The Kier molecular flexibility index (Phi) is 6.86. The average Bonchev–Trinajstić information content (AvgIpc) is 2.00. The van der Waals surface area contributed by atoms with Crippen LogP contribution in [0.3, 0.4) is 0 Å². The third-order valence-electron chi connectivity index (χ3n) is 1.36. The normalized spacial score (nSPS) is 12.9. The van der Waals surface area contributed by atoms with Crippen molar-refractivity contribution in [3.63, 3.8) is 0 Å². The summed E-state index contributed by atoms with van der Waals surface area (Å²) in [5.41, 5.74) is 0. The van der Waals surface area contributed by atoms with Crippen molar-refractivity contribution < 1.29 is 13.7 Å². The number of rotatable bonds is 6. The first kappa shape index (κ1) is 12.6. The molecule has 0 aliphatic carbocycles. The van der Waals surface area contributed by atoms with Crippen LogP contribution in [0.2, 0.25) is 0 Å². The maximum Gasteiger partial charge on any atom is 0.306 e. The van der Waals surface area contributed by atoms with Gasteiger partial charge in [-0.1, -0.05) is 13.8 Å². The fourth-order valence-corrected chi connectivity index (χ4v) is 2.19. The molecule has 1 atom stereocenters. The standard InChI is InChI=1S/C9H18O3S/c1-4-12-9(10)5-6-13(11)7-8(2)3/h8H,4-7H2,1-3H3. The Labute approximate surface area is 82.3 Å². The molecule has 0 aliphatic heterocycles. The molecular weight excluding hydrogens is 188 g/mol. The summed E-state index contributed by atoms with van der Waals surface area (Å²) in [6.07, 6.45) is 0.271. The summed E-state index contributed by atoms with van der Waals surface area (Å²) in [7, 11) is -0.875. The maximum atomic E-state index is 11.3. The summed E-state index contributed by atoms with van der Waals surface area (Å²) in [6, 6.07) is 0. The lowest BCUT2D eigenvalue weighted by molar-refractivity contribution is -0.142. The molecule has 0 rings (SSSR count). The largest absolute Gasteiger partial charge is 0.466 e. The van der Waals surface area contributed by atoms with Gasteiger partial charge in [-0.15, -0.1) is 0 Å². The lowest BCUT2D eigenvalue weighted by atomic mass is 10.3. The van der Waals surface area contributed by atoms with Crippen LogP contribution >= 0.6 is 0 Å². The molecule has 0 aliphatic rings. The van der Waals surface area contributed by atoms with E-state index < -0.39 is 10.8 Å². The highest BCUT2D eigenvalue weighted by Crippen LogP contribution is 1.98. The number of carbonyl (C=O) groups is 1. The summed E-state index contributed by atoms with van der Waals surface area (Å²) in [5.74, 6) is 1.26. The molecule has 0 amide bonds. The molecule has 0 aromatic heterocycles. The minimum absolute atomic E-state index is 0.250. The molecule has 4 heteroatoms. The number of ether oxygens (including phenoxy) is 1. The summed E-state index contributed by atoms with van der Waals surface area (Å²) in [4.78, 5) is 10.9. The van der Waals surface area contributed by atoms with Crippen molar-refractivity contribution >= 4 is 16.8 Å². The molecule has 0 fully saturated rings. The van der Waals surface area contributed by atoms with Crippen molar-refractivity contribution in [1.29, 1.82) is 0 Å². The van der Waals surface area contributed by atoms with Gasteiger partial charge in [-0.2, -0.15) is 0 Å². The van der Waals surface area contributed by atoms with Gasteiger partial charge in [0.25, 0.3) is 0 Å². The second-order valence-electron chi connectivity index (χ2n) is 3.26. The van der Waals surface area contributed by atoms with Gasteiger partial charge in [0.2, 0.25) is 0 Å². The van der Waals surface area contributed by atoms with Gasteiger partial charge in [-0.05, 0) is 12.8 Å². The van der Waals surface area contributed by atoms with Crippen LogP contribution in [-0.4, -0.2) is 28.3 Å². The van der Waals surface area contributed by atoms with Gasteiger partial charge in [-0.3, -0.25) is 9.00 Å². The van der Waals surface area contributed by atoms with E-state index >= 15 is 0 Å². The minimum atomic E-state index is -0.875. The van der Waals surface area contributed by atoms with E-state index in [-0.39, 0.29) is 12.4 Å². The highest BCUT2D eigenvalue weighted by Gasteiger charge is 2.07. The number of esters is 1. The van der Waals surface area contributed by atoms with Gasteiger partial charge in [0.1, 0.15) is 0 Å². The Bertz CT molecular complexity index is 178. The number of carbonyl (C=O) groups excluding carboxylic acids is 1. The second kappa shape index (κ2) is 7.06. The van der Waals surface area contributed by atoms with Gasteiger partial charge in [-0.25, -0.2) is 0 Å². The predicted octanol–water partition coefficient (Wildman–Crippen LogP) is 1.34. The molecule has 0 heterocycles. The van der Waals surface area contributed by atoms with Gasteiger partial charge in [0.05, 0.1) is 13.0 Å². The molecule has 0 saturated carbocycles. The van der Waals surface area contributed by atoms with E-state index in [1.807, 2.05) is 13.8 Å². The molecule has 1 unspecified atom stereocenters. The predicted molar refractivity (Wildman–Crippen MR) is 54.0 cm³/mol. The first-order valence-electron chi connectivity index (χ1n) is 4.56. The average molecular weight is 206 g/mol. The SMILES string of the molecule is CCOC(=O)CCS(=O)CC(C)C. The zero-order valence-electron chi connectivity index (χ0n) is 8.54. The topological polar surface area (TPSA) is 43.4 Å². The maximum absolute atomic E-state index is 11.3. The lowest BCUT2D eigenvalue weighted by Crippen LogP contribution is -2.13. The monoisotopic (exact) mass is 206 g/mol. The molecule has 0 aromatic rings. The minimum Gasteiger partial charge on any atom is -0.466 e. The molecule has 0 bridgehead atoms. The van der Waals surface area contributed by atoms with Crippen molar-refractivity contribution in [3.8, 4) is 0 Å². The zero-order chi connectivity index (χ0) is 10.3. The number of hydrogen-bond acceptors (Lipinski definition) is 3. The number of hydrogen-bond donors (Lipinski definition) is 0. The molecular formula is C9H18O3S. The molecule has 0 saturated heterocycles. The van der Waals surface area contributed by atoms with Gasteiger partial charge >= 0.3 is 5.97 Å². The molecule has 13 heavy (non-hydrogen) atoms. The highest BCUT2D eigenvalue weighted by molar-refractivity contribution is 7.85. The molecule has 0 N–H and O–H groups in total. The second-order valence-corrected chi connectivity index (χ2v) is 4.88. The molecule has 0 aromatic carbocycles. The van der Waals surface area contributed by atoms with E-state index in [1.54, 1.807) is 6.92 Å². The van der Waals surface area contributed by atoms with Crippen molar-refractivity contribution in [2.45, 2.75) is 27.2 Å². The van der Waals surface area contributed by atoms with Gasteiger partial charge in [0, 0.05) is 22.3 Å². The van der Waals surface area contributed by atoms with Crippen molar-refractivity contribution in [2.75, 3.05) is 18.1 Å². The summed E-state index contributed by atoms with van der Waals surface area (Å²) < 4.78 is 16.0. The summed E-state index contributed by atoms with van der Waals surface area (Å²) >= 11 is 0.